The molecule has 5 heteroatoms. The van der Waals surface area contributed by atoms with Crippen molar-refractivity contribution in [3.63, 3.8) is 0 Å². The van der Waals surface area contributed by atoms with Crippen molar-refractivity contribution in [2.45, 2.75) is 6.18 Å². The number of fused-ring (bicyclic) bond motifs is 1. The summed E-state index contributed by atoms with van der Waals surface area (Å²) in [5.41, 5.74) is -0.840. The minimum atomic E-state index is -4.43. The molecule has 0 fully saturated rings. The lowest BCUT2D eigenvalue weighted by atomic mass is 10.1. The quantitative estimate of drug-likeness (QED) is 0.651. The Morgan fingerprint density at radius 1 is 1.07 bits per heavy atom. The van der Waals surface area contributed by atoms with Crippen LogP contribution in [0, 0.1) is 0 Å². The average molecular weight is 221 g/mol. The van der Waals surface area contributed by atoms with E-state index in [1.165, 1.54) is 18.6 Å². The van der Waals surface area contributed by atoms with E-state index in [4.69, 9.17) is 16.0 Å². The summed E-state index contributed by atoms with van der Waals surface area (Å²) in [5.74, 6) is 0. The lowest BCUT2D eigenvalue weighted by Crippen LogP contribution is -2.05. The van der Waals surface area contributed by atoms with Crippen molar-refractivity contribution in [3.05, 3.63) is 35.2 Å². The van der Waals surface area contributed by atoms with Crippen LogP contribution < -0.4 is 0 Å². The highest BCUT2D eigenvalue weighted by molar-refractivity contribution is 6.32. The van der Waals surface area contributed by atoms with Crippen molar-refractivity contribution >= 4 is 22.4 Å². The van der Waals surface area contributed by atoms with Gasteiger partial charge >= 0.3 is 6.18 Å². The minimum absolute atomic E-state index is 0.314. The monoisotopic (exact) mass is 220 g/mol. The van der Waals surface area contributed by atoms with Crippen LogP contribution in [0.1, 0.15) is 5.56 Å². The van der Waals surface area contributed by atoms with Crippen molar-refractivity contribution in [1.82, 2.24) is 0 Å². The minimum Gasteiger partial charge on any atom is -0.471 e. The number of furan rings is 1. The second-order valence-electron chi connectivity index (χ2n) is 2.83. The van der Waals surface area contributed by atoms with E-state index in [2.05, 4.69) is 0 Å². The third-order valence-electron chi connectivity index (χ3n) is 1.87. The van der Waals surface area contributed by atoms with E-state index in [1.54, 1.807) is 0 Å². The predicted octanol–water partition coefficient (Wildman–Crippen LogP) is 4.11. The van der Waals surface area contributed by atoms with Crippen molar-refractivity contribution in [1.29, 1.82) is 0 Å². The van der Waals surface area contributed by atoms with Crippen LogP contribution in [0.5, 0.6) is 0 Å². The van der Waals surface area contributed by atoms with Gasteiger partial charge in [-0.15, -0.1) is 0 Å². The maximum Gasteiger partial charge on any atom is 0.417 e. The highest BCUT2D eigenvalue weighted by Gasteiger charge is 2.33. The molecule has 2 rings (SSSR count). The van der Waals surface area contributed by atoms with Gasteiger partial charge in [0.05, 0.1) is 23.1 Å². The van der Waals surface area contributed by atoms with Gasteiger partial charge in [0, 0.05) is 10.8 Å². The molecule has 1 nitrogen and oxygen atoms in total. The summed E-state index contributed by atoms with van der Waals surface area (Å²) < 4.78 is 41.9. The maximum absolute atomic E-state index is 12.4. The van der Waals surface area contributed by atoms with Crippen molar-refractivity contribution in [3.8, 4) is 0 Å². The molecule has 0 aliphatic heterocycles. The van der Waals surface area contributed by atoms with Crippen LogP contribution in [-0.4, -0.2) is 0 Å². The first-order valence-electron chi connectivity index (χ1n) is 3.71. The fourth-order valence-electron chi connectivity index (χ4n) is 1.21. The van der Waals surface area contributed by atoms with E-state index in [0.717, 1.165) is 6.07 Å². The molecule has 74 valence electrons. The molecule has 0 saturated carbocycles. The predicted molar refractivity (Wildman–Crippen MR) is 46.2 cm³/mol. The van der Waals surface area contributed by atoms with Crippen LogP contribution in [-0.2, 0) is 6.18 Å². The average Bonchev–Trinajstić information content (AvgIpc) is 2.47. The number of rotatable bonds is 0. The standard InChI is InChI=1S/C9H4ClF3O/c10-8-2-6-4-14-3-5(6)1-7(8)9(11,12)13/h1-4H. The first-order valence-corrected chi connectivity index (χ1v) is 4.09. The van der Waals surface area contributed by atoms with E-state index in [-0.39, 0.29) is 5.02 Å². The molecule has 0 atom stereocenters. The molecule has 0 spiro atoms. The zero-order chi connectivity index (χ0) is 10.3. The summed E-state index contributed by atoms with van der Waals surface area (Å²) >= 11 is 5.48. The van der Waals surface area contributed by atoms with Crippen molar-refractivity contribution in [2.24, 2.45) is 0 Å². The van der Waals surface area contributed by atoms with Gasteiger partial charge in [-0.2, -0.15) is 13.2 Å². The Morgan fingerprint density at radius 3 is 2.21 bits per heavy atom. The van der Waals surface area contributed by atoms with E-state index >= 15 is 0 Å². The molecule has 1 heterocycles. The van der Waals surface area contributed by atoms with Crippen molar-refractivity contribution < 1.29 is 17.6 Å². The first kappa shape index (κ1) is 9.40. The second kappa shape index (κ2) is 2.92. The number of hydrogen-bond acceptors (Lipinski definition) is 1. The Hall–Kier alpha value is -1.16. The molecule has 0 amide bonds. The molecule has 1 aromatic heterocycles. The van der Waals surface area contributed by atoms with Crippen LogP contribution >= 0.6 is 11.6 Å². The Bertz CT molecular complexity index is 472. The molecule has 1 aromatic carbocycles. The van der Waals surface area contributed by atoms with Gasteiger partial charge in [-0.05, 0) is 12.1 Å². The smallest absolute Gasteiger partial charge is 0.417 e. The molecule has 0 radical (unpaired) electrons. The van der Waals surface area contributed by atoms with Gasteiger partial charge in [-0.1, -0.05) is 11.6 Å². The molecule has 0 aliphatic carbocycles. The van der Waals surface area contributed by atoms with Gasteiger partial charge in [0.15, 0.2) is 0 Å². The fraction of sp³-hybridized carbons (Fsp3) is 0.111. The van der Waals surface area contributed by atoms with Crippen LogP contribution in [0.4, 0.5) is 13.2 Å². The van der Waals surface area contributed by atoms with Crippen LogP contribution in [0.3, 0.4) is 0 Å². The molecular weight excluding hydrogens is 217 g/mol. The first-order chi connectivity index (χ1) is 6.48. The summed E-state index contributed by atoms with van der Waals surface area (Å²) in [6.07, 6.45) is -1.83. The Kier molecular flexibility index (Phi) is 1.96. The Labute approximate surface area is 82.1 Å². The molecular formula is C9H4ClF3O. The van der Waals surface area contributed by atoms with Crippen LogP contribution in [0.25, 0.3) is 10.8 Å². The topological polar surface area (TPSA) is 13.1 Å². The highest BCUT2D eigenvalue weighted by Crippen LogP contribution is 2.37. The summed E-state index contributed by atoms with van der Waals surface area (Å²) in [6, 6.07) is 2.21. The van der Waals surface area contributed by atoms with E-state index in [0.29, 0.717) is 10.8 Å². The molecule has 0 unspecified atom stereocenters. The lowest BCUT2D eigenvalue weighted by Gasteiger charge is -2.08. The SMILES string of the molecule is FC(F)(F)c1cc2cocc2cc1Cl. The Morgan fingerprint density at radius 2 is 1.64 bits per heavy atom. The van der Waals surface area contributed by atoms with E-state index in [9.17, 15) is 13.2 Å². The molecule has 0 N–H and O–H groups in total. The van der Waals surface area contributed by atoms with Gasteiger partial charge in [-0.25, -0.2) is 0 Å². The van der Waals surface area contributed by atoms with Gasteiger partial charge in [0.25, 0.3) is 0 Å². The van der Waals surface area contributed by atoms with E-state index in [1.807, 2.05) is 0 Å². The maximum atomic E-state index is 12.4. The fourth-order valence-corrected chi connectivity index (χ4v) is 1.49. The number of halogens is 4. The van der Waals surface area contributed by atoms with Gasteiger partial charge < -0.3 is 4.42 Å². The number of alkyl halides is 3. The summed E-state index contributed by atoms with van der Waals surface area (Å²) in [7, 11) is 0. The third kappa shape index (κ3) is 1.46. The lowest BCUT2D eigenvalue weighted by molar-refractivity contribution is -0.137. The molecule has 0 bridgehead atoms. The summed E-state index contributed by atoms with van der Waals surface area (Å²) in [4.78, 5) is 0. The molecule has 0 saturated heterocycles. The van der Waals surface area contributed by atoms with Crippen molar-refractivity contribution in [2.75, 3.05) is 0 Å². The van der Waals surface area contributed by atoms with Gasteiger partial charge in [0.1, 0.15) is 0 Å². The third-order valence-corrected chi connectivity index (χ3v) is 2.18. The second-order valence-corrected chi connectivity index (χ2v) is 3.24. The van der Waals surface area contributed by atoms with Crippen LogP contribution in [0.15, 0.2) is 29.1 Å². The van der Waals surface area contributed by atoms with Gasteiger partial charge in [-0.3, -0.25) is 0 Å². The van der Waals surface area contributed by atoms with Gasteiger partial charge in [0.2, 0.25) is 0 Å². The molecule has 2 aromatic rings. The zero-order valence-corrected chi connectivity index (χ0v) is 7.49. The molecule has 14 heavy (non-hydrogen) atoms. The number of benzene rings is 1. The van der Waals surface area contributed by atoms with Crippen LogP contribution in [0.2, 0.25) is 5.02 Å². The zero-order valence-electron chi connectivity index (χ0n) is 6.73. The highest BCUT2D eigenvalue weighted by atomic mass is 35.5. The molecule has 0 aliphatic rings. The summed E-state index contributed by atoms with van der Waals surface area (Å²) in [6.45, 7) is 0. The number of hydrogen-bond donors (Lipinski definition) is 0. The van der Waals surface area contributed by atoms with E-state index < -0.39 is 11.7 Å². The largest absolute Gasteiger partial charge is 0.471 e. The summed E-state index contributed by atoms with van der Waals surface area (Å²) in [5, 5.41) is 0.635. The normalized spacial score (nSPS) is 12.3. The Balaban J connectivity index is 2.71.